The maximum atomic E-state index is 3.12. The number of benzene rings is 3. The minimum Gasteiger partial charge on any atom is -0.378 e. The highest BCUT2D eigenvalue weighted by molar-refractivity contribution is 5.99. The molecule has 0 heterocycles. The number of hydrogen-bond donors (Lipinski definition) is 0. The predicted molar refractivity (Wildman–Crippen MR) is 74.6 cm³/mol. The van der Waals surface area contributed by atoms with E-state index in [-0.39, 0.29) is 0 Å². The van der Waals surface area contributed by atoms with Crippen molar-refractivity contribution in [1.82, 2.24) is 0 Å². The first kappa shape index (κ1) is 10.2. The molecule has 0 aliphatic heterocycles. The summed E-state index contributed by atoms with van der Waals surface area (Å²) < 4.78 is 0. The Morgan fingerprint density at radius 1 is 0.824 bits per heavy atom. The molecule has 1 radical (unpaired) electrons. The Balaban J connectivity index is 2.32. The van der Waals surface area contributed by atoms with Crippen LogP contribution in [-0.2, 0) is 0 Å². The van der Waals surface area contributed by atoms with Gasteiger partial charge >= 0.3 is 0 Å². The maximum Gasteiger partial charge on any atom is 0.0367 e. The Hall–Kier alpha value is -2.02. The molecule has 0 saturated heterocycles. The second-order valence-corrected chi connectivity index (χ2v) is 4.55. The van der Waals surface area contributed by atoms with Gasteiger partial charge in [0.25, 0.3) is 0 Å². The van der Waals surface area contributed by atoms with Crippen molar-refractivity contribution >= 4 is 27.2 Å². The minimum atomic E-state index is 1.24. The first-order valence-electron chi connectivity index (χ1n) is 5.75. The van der Waals surface area contributed by atoms with Crippen LogP contribution in [0.2, 0.25) is 0 Å². The van der Waals surface area contributed by atoms with E-state index in [1.54, 1.807) is 0 Å². The second kappa shape index (κ2) is 3.77. The molecule has 0 aromatic heterocycles. The number of rotatable bonds is 1. The summed E-state index contributed by atoms with van der Waals surface area (Å²) in [5, 5.41) is 5.09. The van der Waals surface area contributed by atoms with Gasteiger partial charge in [0.05, 0.1) is 0 Å². The summed E-state index contributed by atoms with van der Waals surface area (Å²) in [5.41, 5.74) is 1.24. The molecule has 0 N–H and O–H groups in total. The molecular formula is C16H14N. The molecule has 17 heavy (non-hydrogen) atoms. The maximum absolute atomic E-state index is 3.12. The number of hydrogen-bond acceptors (Lipinski definition) is 1. The SMILES string of the molecule is CN(C)c1ccc2cc3c[c]ccc3cc2c1. The molecule has 83 valence electrons. The smallest absolute Gasteiger partial charge is 0.0367 e. The Morgan fingerprint density at radius 2 is 1.59 bits per heavy atom. The zero-order valence-electron chi connectivity index (χ0n) is 10.1. The van der Waals surface area contributed by atoms with Gasteiger partial charge in [-0.25, -0.2) is 0 Å². The summed E-state index contributed by atoms with van der Waals surface area (Å²) in [6, 6.07) is 20.3. The summed E-state index contributed by atoms with van der Waals surface area (Å²) >= 11 is 0. The van der Waals surface area contributed by atoms with Crippen LogP contribution >= 0.6 is 0 Å². The lowest BCUT2D eigenvalue weighted by Crippen LogP contribution is -2.07. The van der Waals surface area contributed by atoms with Gasteiger partial charge < -0.3 is 4.90 Å². The van der Waals surface area contributed by atoms with E-state index in [9.17, 15) is 0 Å². The van der Waals surface area contributed by atoms with Gasteiger partial charge in [0.2, 0.25) is 0 Å². The molecule has 0 saturated carbocycles. The molecule has 1 nitrogen and oxygen atoms in total. The Bertz CT molecular complexity index is 683. The second-order valence-electron chi connectivity index (χ2n) is 4.55. The van der Waals surface area contributed by atoms with Crippen molar-refractivity contribution in [2.45, 2.75) is 0 Å². The molecule has 1 heteroatoms. The van der Waals surface area contributed by atoms with Gasteiger partial charge in [-0.3, -0.25) is 0 Å². The highest BCUT2D eigenvalue weighted by Gasteiger charge is 2.00. The van der Waals surface area contributed by atoms with Gasteiger partial charge in [0.15, 0.2) is 0 Å². The van der Waals surface area contributed by atoms with E-state index in [2.05, 4.69) is 61.5 Å². The monoisotopic (exact) mass is 220 g/mol. The standard InChI is InChI=1S/C16H14N/c1-17(2)16-8-7-14-9-12-5-3-4-6-13(12)10-15(14)11-16/h4-11H,1-2H3. The van der Waals surface area contributed by atoms with Gasteiger partial charge in [0, 0.05) is 19.8 Å². The highest BCUT2D eigenvalue weighted by atomic mass is 15.1. The normalized spacial score (nSPS) is 10.9. The molecule has 0 atom stereocenters. The average Bonchev–Trinajstić information content (AvgIpc) is 2.35. The summed E-state index contributed by atoms with van der Waals surface area (Å²) in [5.74, 6) is 0. The van der Waals surface area contributed by atoms with Crippen LogP contribution < -0.4 is 4.90 Å². The van der Waals surface area contributed by atoms with Crippen molar-refractivity contribution in [2.75, 3.05) is 19.0 Å². The van der Waals surface area contributed by atoms with E-state index < -0.39 is 0 Å². The highest BCUT2D eigenvalue weighted by Crippen LogP contribution is 2.25. The van der Waals surface area contributed by atoms with Crippen LogP contribution in [0.1, 0.15) is 0 Å². The third kappa shape index (κ3) is 1.74. The van der Waals surface area contributed by atoms with Gasteiger partial charge in [-0.1, -0.05) is 18.2 Å². The zero-order chi connectivity index (χ0) is 11.8. The van der Waals surface area contributed by atoms with E-state index in [0.717, 1.165) is 0 Å². The molecule has 3 rings (SSSR count). The molecule has 3 aromatic rings. The number of fused-ring (bicyclic) bond motifs is 2. The molecule has 0 unspecified atom stereocenters. The van der Waals surface area contributed by atoms with Crippen LogP contribution in [0.4, 0.5) is 5.69 Å². The lowest BCUT2D eigenvalue weighted by atomic mass is 10.0. The van der Waals surface area contributed by atoms with E-state index in [0.29, 0.717) is 0 Å². The van der Waals surface area contributed by atoms with Crippen LogP contribution in [0.25, 0.3) is 21.5 Å². The quantitative estimate of drug-likeness (QED) is 0.563. The number of nitrogens with zero attached hydrogens (tertiary/aromatic N) is 1. The number of anilines is 1. The largest absolute Gasteiger partial charge is 0.378 e. The van der Waals surface area contributed by atoms with E-state index in [1.807, 2.05) is 12.1 Å². The third-order valence-corrected chi connectivity index (χ3v) is 3.14. The molecule has 0 bridgehead atoms. The summed E-state index contributed by atoms with van der Waals surface area (Å²) in [7, 11) is 4.13. The Morgan fingerprint density at radius 3 is 2.41 bits per heavy atom. The van der Waals surface area contributed by atoms with Gasteiger partial charge in [-0.15, -0.1) is 0 Å². The predicted octanol–water partition coefficient (Wildman–Crippen LogP) is 3.86. The molecule has 3 aromatic carbocycles. The van der Waals surface area contributed by atoms with Crippen molar-refractivity contribution in [1.29, 1.82) is 0 Å². The van der Waals surface area contributed by atoms with E-state index in [4.69, 9.17) is 0 Å². The van der Waals surface area contributed by atoms with Crippen molar-refractivity contribution in [3.63, 3.8) is 0 Å². The van der Waals surface area contributed by atoms with Crippen molar-refractivity contribution < 1.29 is 0 Å². The molecular weight excluding hydrogens is 206 g/mol. The van der Waals surface area contributed by atoms with Crippen LogP contribution in [0.15, 0.2) is 48.5 Å². The van der Waals surface area contributed by atoms with Crippen LogP contribution in [0.3, 0.4) is 0 Å². The summed E-state index contributed by atoms with van der Waals surface area (Å²) in [6.45, 7) is 0. The molecule has 0 fully saturated rings. The van der Waals surface area contributed by atoms with Crippen molar-refractivity contribution in [3.8, 4) is 0 Å². The molecule has 0 aliphatic rings. The molecule has 0 aliphatic carbocycles. The molecule has 0 amide bonds. The third-order valence-electron chi connectivity index (χ3n) is 3.14. The summed E-state index contributed by atoms with van der Waals surface area (Å²) in [6.07, 6.45) is 0. The van der Waals surface area contributed by atoms with Gasteiger partial charge in [-0.2, -0.15) is 0 Å². The first-order valence-corrected chi connectivity index (χ1v) is 5.75. The van der Waals surface area contributed by atoms with E-state index in [1.165, 1.54) is 27.2 Å². The first-order chi connectivity index (χ1) is 8.24. The minimum absolute atomic E-state index is 1.24. The fourth-order valence-corrected chi connectivity index (χ4v) is 2.14. The van der Waals surface area contributed by atoms with Gasteiger partial charge in [0.1, 0.15) is 0 Å². The average molecular weight is 220 g/mol. The Labute approximate surface area is 101 Å². The Kier molecular flexibility index (Phi) is 2.25. The topological polar surface area (TPSA) is 3.24 Å². The van der Waals surface area contributed by atoms with Crippen LogP contribution in [0, 0.1) is 6.07 Å². The van der Waals surface area contributed by atoms with E-state index >= 15 is 0 Å². The molecule has 0 spiro atoms. The van der Waals surface area contributed by atoms with Crippen LogP contribution in [-0.4, -0.2) is 14.1 Å². The van der Waals surface area contributed by atoms with Crippen molar-refractivity contribution in [3.05, 3.63) is 54.6 Å². The van der Waals surface area contributed by atoms with Crippen molar-refractivity contribution in [2.24, 2.45) is 0 Å². The lowest BCUT2D eigenvalue weighted by Gasteiger charge is -2.13. The summed E-state index contributed by atoms with van der Waals surface area (Å²) in [4.78, 5) is 2.13. The fourth-order valence-electron chi connectivity index (χ4n) is 2.14. The zero-order valence-corrected chi connectivity index (χ0v) is 10.1. The van der Waals surface area contributed by atoms with Crippen LogP contribution in [0.5, 0.6) is 0 Å². The lowest BCUT2D eigenvalue weighted by molar-refractivity contribution is 1.14. The van der Waals surface area contributed by atoms with Gasteiger partial charge in [-0.05, 0) is 57.9 Å². The fraction of sp³-hybridized carbons (Fsp3) is 0.125.